The average Bonchev–Trinajstić information content (AvgIpc) is 2.97. The smallest absolute Gasteiger partial charge is 0.339 e. The van der Waals surface area contributed by atoms with Crippen LogP contribution in [0.5, 0.6) is 5.75 Å². The standard InChI is InChI=1S/C26H38N2O5/c1-7-26(13-8-9-14-28(6)16-26)20-11-10-12-21(15-20)33-25(32)19(5)18(4)23(29)27-22(17(2)3)24(30)31/h10-12,15,17,22H,7-9,13-14,16H2,1-6H3,(H,27,29)(H,30,31). The van der Waals surface area contributed by atoms with Gasteiger partial charge in [0.25, 0.3) is 0 Å². The van der Waals surface area contributed by atoms with Crippen LogP contribution in [0.1, 0.15) is 65.9 Å². The summed E-state index contributed by atoms with van der Waals surface area (Å²) in [7, 11) is 2.15. The molecular formula is C26H38N2O5. The van der Waals surface area contributed by atoms with Crippen LogP contribution in [0, 0.1) is 5.92 Å². The number of nitrogens with one attached hydrogen (secondary N) is 1. The molecule has 1 aliphatic heterocycles. The number of benzene rings is 1. The fourth-order valence-corrected chi connectivity index (χ4v) is 4.41. The Hall–Kier alpha value is -2.67. The molecule has 0 bridgehead atoms. The summed E-state index contributed by atoms with van der Waals surface area (Å²) in [5, 5.41) is 11.8. The Balaban J connectivity index is 2.21. The number of hydrogen-bond acceptors (Lipinski definition) is 5. The highest BCUT2D eigenvalue weighted by Crippen LogP contribution is 2.37. The van der Waals surface area contributed by atoms with Crippen LogP contribution in [0.25, 0.3) is 0 Å². The van der Waals surface area contributed by atoms with E-state index < -0.39 is 23.9 Å². The number of rotatable bonds is 8. The lowest BCUT2D eigenvalue weighted by atomic mass is 9.74. The molecule has 0 radical (unpaired) electrons. The number of carboxylic acids is 1. The number of aliphatic carboxylic acids is 1. The molecule has 1 saturated heterocycles. The molecule has 2 N–H and O–H groups in total. The number of nitrogens with zero attached hydrogens (tertiary/aromatic N) is 1. The first-order valence-electron chi connectivity index (χ1n) is 11.7. The number of amides is 1. The number of likely N-dealkylation sites (N-methyl/N-ethyl adjacent to an activating group) is 1. The van der Waals surface area contributed by atoms with Crippen molar-refractivity contribution in [2.24, 2.45) is 5.92 Å². The van der Waals surface area contributed by atoms with Gasteiger partial charge in [-0.3, -0.25) is 4.79 Å². The zero-order chi connectivity index (χ0) is 24.8. The van der Waals surface area contributed by atoms with Gasteiger partial charge < -0.3 is 20.1 Å². The predicted molar refractivity (Wildman–Crippen MR) is 128 cm³/mol. The van der Waals surface area contributed by atoms with E-state index in [1.807, 2.05) is 12.1 Å². The highest BCUT2D eigenvalue weighted by molar-refractivity contribution is 6.03. The van der Waals surface area contributed by atoms with E-state index in [0.717, 1.165) is 37.9 Å². The molecule has 7 heteroatoms. The van der Waals surface area contributed by atoms with E-state index in [9.17, 15) is 19.5 Å². The quantitative estimate of drug-likeness (QED) is 0.348. The second kappa shape index (κ2) is 11.5. The zero-order valence-corrected chi connectivity index (χ0v) is 20.7. The van der Waals surface area contributed by atoms with Crippen molar-refractivity contribution in [1.82, 2.24) is 10.2 Å². The lowest BCUT2D eigenvalue weighted by molar-refractivity contribution is -0.142. The molecule has 1 aromatic rings. The molecule has 182 valence electrons. The molecule has 2 unspecified atom stereocenters. The summed E-state index contributed by atoms with van der Waals surface area (Å²) in [6.07, 6.45) is 4.42. The van der Waals surface area contributed by atoms with E-state index in [1.54, 1.807) is 19.9 Å². The third kappa shape index (κ3) is 6.67. The van der Waals surface area contributed by atoms with Crippen molar-refractivity contribution in [1.29, 1.82) is 0 Å². The highest BCUT2D eigenvalue weighted by atomic mass is 16.5. The topological polar surface area (TPSA) is 95.9 Å². The van der Waals surface area contributed by atoms with Crippen molar-refractivity contribution >= 4 is 17.8 Å². The van der Waals surface area contributed by atoms with Crippen LogP contribution in [0.2, 0.25) is 0 Å². The summed E-state index contributed by atoms with van der Waals surface area (Å²) in [6, 6.07) is 6.64. The molecule has 7 nitrogen and oxygen atoms in total. The number of esters is 1. The Labute approximate surface area is 197 Å². The molecular weight excluding hydrogens is 420 g/mol. The Bertz CT molecular complexity index is 908. The van der Waals surface area contributed by atoms with E-state index in [-0.39, 0.29) is 22.5 Å². The first-order valence-corrected chi connectivity index (χ1v) is 11.7. The Morgan fingerprint density at radius 1 is 1.18 bits per heavy atom. The lowest BCUT2D eigenvalue weighted by Gasteiger charge is -2.35. The minimum absolute atomic E-state index is 0.0110. The normalized spacial score (nSPS) is 21.1. The van der Waals surface area contributed by atoms with E-state index in [0.29, 0.717) is 5.75 Å². The third-order valence-corrected chi connectivity index (χ3v) is 6.78. The van der Waals surface area contributed by atoms with Gasteiger partial charge in [0.15, 0.2) is 0 Å². The Kier molecular flexibility index (Phi) is 9.23. The minimum Gasteiger partial charge on any atom is -0.480 e. The van der Waals surface area contributed by atoms with Crippen molar-refractivity contribution in [3.05, 3.63) is 41.0 Å². The van der Waals surface area contributed by atoms with Crippen molar-refractivity contribution < 1.29 is 24.2 Å². The summed E-state index contributed by atoms with van der Waals surface area (Å²) < 4.78 is 5.62. The largest absolute Gasteiger partial charge is 0.480 e. The lowest BCUT2D eigenvalue weighted by Crippen LogP contribution is -2.44. The molecule has 2 rings (SSSR count). The summed E-state index contributed by atoms with van der Waals surface area (Å²) in [5.74, 6) is -2.18. The summed E-state index contributed by atoms with van der Waals surface area (Å²) >= 11 is 0. The van der Waals surface area contributed by atoms with Gasteiger partial charge in [-0.15, -0.1) is 0 Å². The minimum atomic E-state index is -1.11. The fourth-order valence-electron chi connectivity index (χ4n) is 4.41. The van der Waals surface area contributed by atoms with Crippen molar-refractivity contribution in [3.63, 3.8) is 0 Å². The van der Waals surface area contributed by atoms with Gasteiger partial charge in [0.2, 0.25) is 5.91 Å². The van der Waals surface area contributed by atoms with E-state index in [2.05, 4.69) is 30.3 Å². The first kappa shape index (κ1) is 26.6. The molecule has 0 saturated carbocycles. The SMILES string of the molecule is CCC1(c2cccc(OC(=O)C(C)=C(C)C(=O)NC(C(=O)O)C(C)C)c2)CCCCN(C)C1. The highest BCUT2D eigenvalue weighted by Gasteiger charge is 2.33. The van der Waals surface area contributed by atoms with Gasteiger partial charge in [-0.05, 0) is 70.3 Å². The van der Waals surface area contributed by atoms with Crippen LogP contribution in [0.4, 0.5) is 0 Å². The average molecular weight is 459 g/mol. The maximum absolute atomic E-state index is 12.8. The number of carboxylic acid groups (broad SMARTS) is 1. The zero-order valence-electron chi connectivity index (χ0n) is 20.7. The summed E-state index contributed by atoms with van der Waals surface area (Å²) in [5.41, 5.74) is 1.45. The molecule has 33 heavy (non-hydrogen) atoms. The van der Waals surface area contributed by atoms with Gasteiger partial charge in [-0.1, -0.05) is 39.3 Å². The van der Waals surface area contributed by atoms with Crippen molar-refractivity contribution in [3.8, 4) is 5.75 Å². The fraction of sp³-hybridized carbons (Fsp3) is 0.577. The number of ether oxygens (including phenoxy) is 1. The van der Waals surface area contributed by atoms with E-state index in [4.69, 9.17) is 4.74 Å². The van der Waals surface area contributed by atoms with Crippen molar-refractivity contribution in [2.45, 2.75) is 71.8 Å². The molecule has 1 aliphatic rings. The maximum atomic E-state index is 12.8. The third-order valence-electron chi connectivity index (χ3n) is 6.78. The molecule has 1 fully saturated rings. The predicted octanol–water partition coefficient (Wildman–Crippen LogP) is 3.92. The number of likely N-dealkylation sites (tertiary alicyclic amines) is 1. The first-order chi connectivity index (χ1) is 15.5. The van der Waals surface area contributed by atoms with Gasteiger partial charge in [0, 0.05) is 23.1 Å². The van der Waals surface area contributed by atoms with Crippen LogP contribution in [-0.4, -0.2) is 54.0 Å². The second-order valence-corrected chi connectivity index (χ2v) is 9.53. The van der Waals surface area contributed by atoms with Gasteiger partial charge >= 0.3 is 11.9 Å². The van der Waals surface area contributed by atoms with Crippen LogP contribution < -0.4 is 10.1 Å². The number of carbonyl (C=O) groups excluding carboxylic acids is 2. The van der Waals surface area contributed by atoms with Gasteiger partial charge in [0.05, 0.1) is 0 Å². The van der Waals surface area contributed by atoms with Crippen LogP contribution in [0.15, 0.2) is 35.4 Å². The number of hydrogen-bond donors (Lipinski definition) is 2. The summed E-state index contributed by atoms with van der Waals surface area (Å²) in [6.45, 7) is 10.7. The Morgan fingerprint density at radius 3 is 2.48 bits per heavy atom. The van der Waals surface area contributed by atoms with Gasteiger partial charge in [0.1, 0.15) is 11.8 Å². The van der Waals surface area contributed by atoms with E-state index >= 15 is 0 Å². The Morgan fingerprint density at radius 2 is 1.88 bits per heavy atom. The van der Waals surface area contributed by atoms with Crippen LogP contribution in [-0.2, 0) is 19.8 Å². The van der Waals surface area contributed by atoms with E-state index in [1.165, 1.54) is 20.3 Å². The number of carbonyl (C=O) groups is 3. The van der Waals surface area contributed by atoms with Gasteiger partial charge in [-0.2, -0.15) is 0 Å². The van der Waals surface area contributed by atoms with Crippen molar-refractivity contribution in [2.75, 3.05) is 20.1 Å². The molecule has 1 amide bonds. The monoisotopic (exact) mass is 458 g/mol. The molecule has 2 atom stereocenters. The molecule has 0 aliphatic carbocycles. The molecule has 1 heterocycles. The molecule has 0 spiro atoms. The molecule has 1 aromatic carbocycles. The summed E-state index contributed by atoms with van der Waals surface area (Å²) in [4.78, 5) is 39.0. The molecule has 0 aromatic heterocycles. The van der Waals surface area contributed by atoms with Crippen LogP contribution in [0.3, 0.4) is 0 Å². The maximum Gasteiger partial charge on any atom is 0.339 e. The second-order valence-electron chi connectivity index (χ2n) is 9.53. The van der Waals surface area contributed by atoms with Gasteiger partial charge in [-0.25, -0.2) is 9.59 Å². The van der Waals surface area contributed by atoms with Crippen LogP contribution >= 0.6 is 0 Å².